The number of carbonyl (C=O) groups is 1. The molecule has 0 saturated heterocycles. The molecular weight excluding hydrogens is 356 g/mol. The molecule has 1 aliphatic rings. The maximum atomic E-state index is 13.0. The number of pyridine rings is 1. The van der Waals surface area contributed by atoms with E-state index in [-0.39, 0.29) is 22.9 Å². The molecule has 7 heteroatoms. The van der Waals surface area contributed by atoms with E-state index in [9.17, 15) is 20.0 Å². The minimum absolute atomic E-state index is 0.0711. The summed E-state index contributed by atoms with van der Waals surface area (Å²) in [7, 11) is 1.37. The molecule has 142 valence electrons. The second-order valence-electron chi connectivity index (χ2n) is 6.84. The van der Waals surface area contributed by atoms with Gasteiger partial charge in [-0.25, -0.2) is 0 Å². The second kappa shape index (κ2) is 6.82. The van der Waals surface area contributed by atoms with Crippen molar-refractivity contribution in [2.75, 3.05) is 5.01 Å². The number of nitrogens with zero attached hydrogens (tertiary/aromatic N) is 4. The summed E-state index contributed by atoms with van der Waals surface area (Å²) in [6.07, 6.45) is 1.48. The number of benzene rings is 1. The summed E-state index contributed by atoms with van der Waals surface area (Å²) < 4.78 is 0.991. The first-order valence-corrected chi connectivity index (χ1v) is 8.69. The Morgan fingerprint density at radius 2 is 1.82 bits per heavy atom. The van der Waals surface area contributed by atoms with Crippen LogP contribution in [0.2, 0.25) is 0 Å². The van der Waals surface area contributed by atoms with Crippen molar-refractivity contribution in [2.45, 2.75) is 27.7 Å². The normalized spacial score (nSPS) is 15.1. The smallest absolute Gasteiger partial charge is 0.280 e. The van der Waals surface area contributed by atoms with Gasteiger partial charge in [0.2, 0.25) is 5.88 Å². The van der Waals surface area contributed by atoms with Crippen LogP contribution in [0, 0.1) is 32.1 Å². The number of hydrazone groups is 1. The van der Waals surface area contributed by atoms with Crippen LogP contribution in [-0.2, 0) is 11.8 Å². The van der Waals surface area contributed by atoms with Crippen LogP contribution in [0.25, 0.3) is 6.08 Å². The van der Waals surface area contributed by atoms with Gasteiger partial charge in [-0.2, -0.15) is 15.4 Å². The van der Waals surface area contributed by atoms with Gasteiger partial charge in [0, 0.05) is 12.6 Å². The van der Waals surface area contributed by atoms with Gasteiger partial charge in [0.05, 0.1) is 17.0 Å². The van der Waals surface area contributed by atoms with Crippen LogP contribution in [0.1, 0.15) is 34.7 Å². The molecule has 0 bridgehead atoms. The zero-order valence-electron chi connectivity index (χ0n) is 16.4. The zero-order valence-corrected chi connectivity index (χ0v) is 16.4. The van der Waals surface area contributed by atoms with Crippen molar-refractivity contribution < 1.29 is 9.90 Å². The SMILES string of the molecule is CC1=NN(c2ccc(C)c(C)c2)C(=O)C1=Cc1c(C)c(C#N)c(=O)n(C)c1O. The number of aromatic nitrogens is 1. The topological polar surface area (TPSA) is 98.7 Å². The zero-order chi connectivity index (χ0) is 20.7. The maximum Gasteiger partial charge on any atom is 0.280 e. The first kappa shape index (κ1) is 19.1. The molecule has 0 unspecified atom stereocenters. The van der Waals surface area contributed by atoms with Crippen molar-refractivity contribution in [1.82, 2.24) is 4.57 Å². The van der Waals surface area contributed by atoms with Gasteiger partial charge < -0.3 is 5.11 Å². The van der Waals surface area contributed by atoms with Crippen molar-refractivity contribution in [3.63, 3.8) is 0 Å². The molecule has 3 rings (SSSR count). The molecule has 1 aliphatic heterocycles. The van der Waals surface area contributed by atoms with E-state index in [0.29, 0.717) is 22.5 Å². The monoisotopic (exact) mass is 376 g/mol. The first-order chi connectivity index (χ1) is 13.2. The van der Waals surface area contributed by atoms with Crippen LogP contribution in [0.5, 0.6) is 5.88 Å². The lowest BCUT2D eigenvalue weighted by atomic mass is 10.0. The number of aryl methyl sites for hydroxylation is 2. The maximum absolute atomic E-state index is 13.0. The summed E-state index contributed by atoms with van der Waals surface area (Å²) in [6.45, 7) is 7.22. The van der Waals surface area contributed by atoms with E-state index in [1.165, 1.54) is 18.1 Å². The number of nitriles is 1. The fourth-order valence-corrected chi connectivity index (χ4v) is 3.07. The fourth-order valence-electron chi connectivity index (χ4n) is 3.07. The molecule has 1 amide bonds. The average Bonchev–Trinajstić information content (AvgIpc) is 2.94. The van der Waals surface area contributed by atoms with Crippen LogP contribution in [0.3, 0.4) is 0 Å². The molecule has 1 aromatic heterocycles. The van der Waals surface area contributed by atoms with Crippen LogP contribution in [0.15, 0.2) is 33.7 Å². The van der Waals surface area contributed by atoms with Crippen LogP contribution >= 0.6 is 0 Å². The van der Waals surface area contributed by atoms with Crippen LogP contribution in [0.4, 0.5) is 5.69 Å². The molecule has 7 nitrogen and oxygen atoms in total. The molecule has 0 aliphatic carbocycles. The first-order valence-electron chi connectivity index (χ1n) is 8.69. The van der Waals surface area contributed by atoms with Crippen molar-refractivity contribution in [1.29, 1.82) is 5.26 Å². The van der Waals surface area contributed by atoms with Gasteiger partial charge in [-0.1, -0.05) is 6.07 Å². The summed E-state index contributed by atoms with van der Waals surface area (Å²) >= 11 is 0. The lowest BCUT2D eigenvalue weighted by Crippen LogP contribution is -2.23. The molecule has 1 N–H and O–H groups in total. The molecule has 0 saturated carbocycles. The Bertz CT molecular complexity index is 1180. The highest BCUT2D eigenvalue weighted by Crippen LogP contribution is 2.29. The molecule has 0 atom stereocenters. The highest BCUT2D eigenvalue weighted by atomic mass is 16.3. The quantitative estimate of drug-likeness (QED) is 0.815. The number of anilines is 1. The lowest BCUT2D eigenvalue weighted by molar-refractivity contribution is -0.114. The van der Waals surface area contributed by atoms with Gasteiger partial charge in [-0.15, -0.1) is 0 Å². The summed E-state index contributed by atoms with van der Waals surface area (Å²) in [5.41, 5.74) is 3.49. The standard InChI is InChI=1S/C21H20N4O3/c1-11-6-7-15(8-12(11)2)25-21(28)17(14(4)23-25)9-16-13(3)18(10-22)20(27)24(5)19(16)26/h6-9,26H,1-5H3. The highest BCUT2D eigenvalue weighted by molar-refractivity contribution is 6.32. The van der Waals surface area contributed by atoms with Crippen molar-refractivity contribution in [3.8, 4) is 11.9 Å². The average molecular weight is 376 g/mol. The molecule has 0 spiro atoms. The van der Waals surface area contributed by atoms with E-state index in [1.807, 2.05) is 38.1 Å². The molecule has 2 heterocycles. The molecule has 0 fully saturated rings. The molecular formula is C21H20N4O3. The predicted octanol–water partition coefficient (Wildman–Crippen LogP) is 2.69. The van der Waals surface area contributed by atoms with Gasteiger partial charge in [0.1, 0.15) is 11.6 Å². The number of rotatable bonds is 2. The highest BCUT2D eigenvalue weighted by Gasteiger charge is 2.30. The van der Waals surface area contributed by atoms with E-state index in [0.717, 1.165) is 15.7 Å². The number of carbonyl (C=O) groups excluding carboxylic acids is 1. The van der Waals surface area contributed by atoms with E-state index in [2.05, 4.69) is 5.10 Å². The predicted molar refractivity (Wildman–Crippen MR) is 107 cm³/mol. The van der Waals surface area contributed by atoms with Crippen molar-refractivity contribution in [2.24, 2.45) is 12.1 Å². The molecule has 1 aromatic carbocycles. The van der Waals surface area contributed by atoms with Gasteiger partial charge in [0.15, 0.2) is 0 Å². The summed E-state index contributed by atoms with van der Waals surface area (Å²) in [5, 5.41) is 25.3. The van der Waals surface area contributed by atoms with Gasteiger partial charge in [0.25, 0.3) is 11.5 Å². The van der Waals surface area contributed by atoms with Gasteiger partial charge in [-0.3, -0.25) is 14.2 Å². The number of hydrogen-bond donors (Lipinski definition) is 1. The Morgan fingerprint density at radius 3 is 2.43 bits per heavy atom. The Morgan fingerprint density at radius 1 is 1.14 bits per heavy atom. The minimum atomic E-state index is -0.584. The van der Waals surface area contributed by atoms with E-state index >= 15 is 0 Å². The van der Waals surface area contributed by atoms with Crippen LogP contribution < -0.4 is 10.6 Å². The third kappa shape index (κ3) is 2.89. The number of amides is 1. The molecule has 0 radical (unpaired) electrons. The fraction of sp³-hybridized carbons (Fsp3) is 0.238. The largest absolute Gasteiger partial charge is 0.494 e. The summed E-state index contributed by atoms with van der Waals surface area (Å²) in [4.78, 5) is 25.1. The Labute approximate surface area is 162 Å². The molecule has 28 heavy (non-hydrogen) atoms. The van der Waals surface area contributed by atoms with E-state index in [4.69, 9.17) is 0 Å². The Balaban J connectivity index is 2.13. The second-order valence-corrected chi connectivity index (χ2v) is 6.84. The van der Waals surface area contributed by atoms with E-state index in [1.54, 1.807) is 13.8 Å². The van der Waals surface area contributed by atoms with Gasteiger partial charge >= 0.3 is 0 Å². The lowest BCUT2D eigenvalue weighted by Gasteiger charge is -2.14. The Kier molecular flexibility index (Phi) is 4.65. The Hall–Kier alpha value is -3.66. The van der Waals surface area contributed by atoms with Crippen LogP contribution in [-0.4, -0.2) is 21.3 Å². The third-order valence-corrected chi connectivity index (χ3v) is 5.05. The summed E-state index contributed by atoms with van der Waals surface area (Å²) in [5.74, 6) is -0.647. The van der Waals surface area contributed by atoms with Gasteiger partial charge in [-0.05, 0) is 62.6 Å². The molecule has 2 aromatic rings. The number of hydrogen-bond acceptors (Lipinski definition) is 5. The summed E-state index contributed by atoms with van der Waals surface area (Å²) in [6, 6.07) is 7.50. The minimum Gasteiger partial charge on any atom is -0.494 e. The van der Waals surface area contributed by atoms with Crippen molar-refractivity contribution >= 4 is 23.4 Å². The third-order valence-electron chi connectivity index (χ3n) is 5.05. The number of aromatic hydroxyl groups is 1. The van der Waals surface area contributed by atoms with E-state index < -0.39 is 5.56 Å². The van der Waals surface area contributed by atoms with Crippen molar-refractivity contribution in [3.05, 3.63) is 61.9 Å².